The van der Waals surface area contributed by atoms with Crippen molar-refractivity contribution in [2.45, 2.75) is 25.6 Å². The second kappa shape index (κ2) is 10.3. The number of nitro groups is 1. The Bertz CT molecular complexity index is 1050. The van der Waals surface area contributed by atoms with Crippen LogP contribution in [0.15, 0.2) is 64.8 Å². The van der Waals surface area contributed by atoms with Crippen molar-refractivity contribution in [3.05, 3.63) is 81.0 Å². The number of anilines is 1. The number of nitrogens with zero attached hydrogens (tertiary/aromatic N) is 3. The van der Waals surface area contributed by atoms with Gasteiger partial charge in [-0.2, -0.15) is 0 Å². The second-order valence-corrected chi connectivity index (χ2v) is 8.38. The summed E-state index contributed by atoms with van der Waals surface area (Å²) in [6, 6.07) is 13.9. The number of non-ortho nitro benzene ring substituents is 1. The number of amidine groups is 1. The van der Waals surface area contributed by atoms with Crippen molar-refractivity contribution in [1.82, 2.24) is 5.32 Å². The molecule has 0 saturated heterocycles. The number of thioether (sulfide) groups is 1. The number of carbonyl (C=O) groups excluding carboxylic acids is 1. The van der Waals surface area contributed by atoms with Crippen LogP contribution in [0, 0.1) is 10.1 Å². The quantitative estimate of drug-likeness (QED) is 0.375. The molecular formula is C23H26N4O4S. The molecule has 0 saturated carbocycles. The maximum atomic E-state index is 12.7. The molecule has 32 heavy (non-hydrogen) atoms. The van der Waals surface area contributed by atoms with E-state index in [1.54, 1.807) is 19.1 Å². The van der Waals surface area contributed by atoms with Crippen LogP contribution in [0.25, 0.3) is 0 Å². The Kier molecular flexibility index (Phi) is 7.53. The molecule has 1 N–H and O–H groups in total. The first-order valence-electron chi connectivity index (χ1n) is 10.2. The summed E-state index contributed by atoms with van der Waals surface area (Å²) < 4.78 is 5.28. The molecule has 0 radical (unpaired) electrons. The van der Waals surface area contributed by atoms with E-state index in [0.717, 1.165) is 16.8 Å². The van der Waals surface area contributed by atoms with Gasteiger partial charge in [0.15, 0.2) is 5.17 Å². The maximum absolute atomic E-state index is 12.7. The lowest BCUT2D eigenvalue weighted by Gasteiger charge is -2.26. The number of hydrogen-bond donors (Lipinski definition) is 1. The van der Waals surface area contributed by atoms with Crippen molar-refractivity contribution in [2.24, 2.45) is 4.99 Å². The third-order valence-electron chi connectivity index (χ3n) is 4.96. The third-order valence-corrected chi connectivity index (χ3v) is 5.92. The van der Waals surface area contributed by atoms with Crippen molar-refractivity contribution < 1.29 is 14.5 Å². The van der Waals surface area contributed by atoms with E-state index in [0.29, 0.717) is 22.2 Å². The molecule has 0 aliphatic carbocycles. The van der Waals surface area contributed by atoms with Gasteiger partial charge in [0, 0.05) is 43.4 Å². The number of hydrogen-bond acceptors (Lipinski definition) is 8. The third kappa shape index (κ3) is 5.47. The van der Waals surface area contributed by atoms with E-state index < -0.39 is 11.0 Å². The average Bonchev–Trinajstić information content (AvgIpc) is 2.77. The number of nitrogens with one attached hydrogen (secondary N) is 1. The number of esters is 1. The molecule has 1 heterocycles. The summed E-state index contributed by atoms with van der Waals surface area (Å²) in [6.45, 7) is 3.90. The number of rotatable bonds is 7. The van der Waals surface area contributed by atoms with E-state index in [9.17, 15) is 14.9 Å². The molecule has 2 aromatic rings. The van der Waals surface area contributed by atoms with E-state index in [1.165, 1.54) is 23.9 Å². The molecule has 9 heteroatoms. The molecule has 0 unspecified atom stereocenters. The Morgan fingerprint density at radius 3 is 2.41 bits per heavy atom. The van der Waals surface area contributed by atoms with Gasteiger partial charge in [0.1, 0.15) is 6.04 Å². The lowest BCUT2D eigenvalue weighted by Crippen LogP contribution is -2.30. The SMILES string of the molecule is CCOC(=O)C1=C(C)NC(SCc2ccc([N+](=O)[O-])cc2)=N[C@@H]1c1ccc(N(C)C)cc1. The predicted octanol–water partition coefficient (Wildman–Crippen LogP) is 4.43. The summed E-state index contributed by atoms with van der Waals surface area (Å²) in [4.78, 5) is 29.9. The van der Waals surface area contributed by atoms with E-state index in [2.05, 4.69) is 5.32 Å². The summed E-state index contributed by atoms with van der Waals surface area (Å²) >= 11 is 1.48. The molecule has 0 bridgehead atoms. The zero-order valence-electron chi connectivity index (χ0n) is 18.5. The molecule has 0 spiro atoms. The fraction of sp³-hybridized carbons (Fsp3) is 0.304. The Morgan fingerprint density at radius 1 is 1.19 bits per heavy atom. The Morgan fingerprint density at radius 2 is 1.84 bits per heavy atom. The first-order chi connectivity index (χ1) is 15.3. The average molecular weight is 455 g/mol. The highest BCUT2D eigenvalue weighted by atomic mass is 32.2. The standard InChI is InChI=1S/C23H26N4O4S/c1-5-31-22(28)20-15(2)24-23(32-14-16-6-10-19(11-7-16)27(29)30)25-21(20)17-8-12-18(13-9-17)26(3)4/h6-13,21H,5,14H2,1-4H3,(H,24,25)/t21-/m1/s1. The molecule has 0 amide bonds. The number of carbonyl (C=O) groups is 1. The van der Waals surface area contributed by atoms with Crippen molar-refractivity contribution in [3.8, 4) is 0 Å². The van der Waals surface area contributed by atoms with Gasteiger partial charge in [-0.25, -0.2) is 9.79 Å². The fourth-order valence-corrected chi connectivity index (χ4v) is 4.16. The molecule has 3 rings (SSSR count). The Labute approximate surface area is 191 Å². The molecular weight excluding hydrogens is 428 g/mol. The monoisotopic (exact) mass is 454 g/mol. The lowest BCUT2D eigenvalue weighted by molar-refractivity contribution is -0.384. The summed E-state index contributed by atoms with van der Waals surface area (Å²) in [5, 5.41) is 14.7. The molecule has 8 nitrogen and oxygen atoms in total. The molecule has 1 aliphatic heterocycles. The van der Waals surface area contributed by atoms with Crippen molar-refractivity contribution in [3.63, 3.8) is 0 Å². The highest BCUT2D eigenvalue weighted by Crippen LogP contribution is 2.34. The largest absolute Gasteiger partial charge is 0.463 e. The topological polar surface area (TPSA) is 97.1 Å². The zero-order valence-corrected chi connectivity index (χ0v) is 19.3. The maximum Gasteiger partial charge on any atom is 0.338 e. The van der Waals surface area contributed by atoms with Crippen LogP contribution in [0.5, 0.6) is 0 Å². The number of ether oxygens (including phenoxy) is 1. The molecule has 2 aromatic carbocycles. The minimum Gasteiger partial charge on any atom is -0.463 e. The normalized spacial score (nSPS) is 15.6. The molecule has 168 valence electrons. The smallest absolute Gasteiger partial charge is 0.338 e. The minimum atomic E-state index is -0.481. The van der Waals surface area contributed by atoms with E-state index >= 15 is 0 Å². The number of benzene rings is 2. The Balaban J connectivity index is 1.85. The fourth-order valence-electron chi connectivity index (χ4n) is 3.26. The first-order valence-corrected chi connectivity index (χ1v) is 11.1. The van der Waals surface area contributed by atoms with Crippen LogP contribution in [0.4, 0.5) is 11.4 Å². The van der Waals surface area contributed by atoms with Crippen LogP contribution in [0.3, 0.4) is 0 Å². The Hall–Kier alpha value is -3.33. The predicted molar refractivity (Wildman–Crippen MR) is 128 cm³/mol. The number of allylic oxidation sites excluding steroid dienone is 1. The minimum absolute atomic E-state index is 0.0611. The van der Waals surface area contributed by atoms with Gasteiger partial charge in [0.05, 0.1) is 17.1 Å². The van der Waals surface area contributed by atoms with Crippen LogP contribution in [0.1, 0.15) is 31.0 Å². The first kappa shape index (κ1) is 23.3. The van der Waals surface area contributed by atoms with Gasteiger partial charge in [0.2, 0.25) is 0 Å². The van der Waals surface area contributed by atoms with Crippen LogP contribution >= 0.6 is 11.8 Å². The summed E-state index contributed by atoms with van der Waals surface area (Å²) in [5.41, 5.74) is 4.14. The van der Waals surface area contributed by atoms with Gasteiger partial charge in [-0.05, 0) is 37.1 Å². The van der Waals surface area contributed by atoms with Gasteiger partial charge >= 0.3 is 5.97 Å². The van der Waals surface area contributed by atoms with Gasteiger partial charge in [-0.1, -0.05) is 36.0 Å². The molecule has 1 atom stereocenters. The van der Waals surface area contributed by atoms with Gasteiger partial charge in [0.25, 0.3) is 5.69 Å². The van der Waals surface area contributed by atoms with Crippen molar-refractivity contribution in [1.29, 1.82) is 0 Å². The van der Waals surface area contributed by atoms with Crippen LogP contribution in [0.2, 0.25) is 0 Å². The molecule has 1 aliphatic rings. The van der Waals surface area contributed by atoms with Crippen LogP contribution in [-0.4, -0.2) is 36.8 Å². The summed E-state index contributed by atoms with van der Waals surface area (Å²) in [5.74, 6) is 0.195. The van der Waals surface area contributed by atoms with Crippen molar-refractivity contribution >= 4 is 34.3 Å². The second-order valence-electron chi connectivity index (χ2n) is 7.42. The van der Waals surface area contributed by atoms with Gasteiger partial charge in [-0.3, -0.25) is 10.1 Å². The molecule has 0 fully saturated rings. The highest BCUT2D eigenvalue weighted by Gasteiger charge is 2.30. The van der Waals surface area contributed by atoms with E-state index in [4.69, 9.17) is 9.73 Å². The highest BCUT2D eigenvalue weighted by molar-refractivity contribution is 8.13. The number of nitro benzene ring substituents is 1. The van der Waals surface area contributed by atoms with Gasteiger partial charge < -0.3 is 15.0 Å². The van der Waals surface area contributed by atoms with E-state index in [1.807, 2.05) is 50.2 Å². The number of aliphatic imine (C=N–C) groups is 1. The van der Waals surface area contributed by atoms with Crippen LogP contribution in [-0.2, 0) is 15.3 Å². The van der Waals surface area contributed by atoms with Crippen molar-refractivity contribution in [2.75, 3.05) is 25.6 Å². The molecule has 0 aromatic heterocycles. The summed E-state index contributed by atoms with van der Waals surface area (Å²) in [7, 11) is 3.94. The van der Waals surface area contributed by atoms with E-state index in [-0.39, 0.29) is 18.3 Å². The zero-order chi connectivity index (χ0) is 23.3. The summed E-state index contributed by atoms with van der Waals surface area (Å²) in [6.07, 6.45) is 0. The lowest BCUT2D eigenvalue weighted by atomic mass is 9.96. The van der Waals surface area contributed by atoms with Crippen LogP contribution < -0.4 is 10.2 Å². The van der Waals surface area contributed by atoms with Gasteiger partial charge in [-0.15, -0.1) is 0 Å².